The molecule has 4 aliphatic rings. The Labute approximate surface area is 138 Å². The van der Waals surface area contributed by atoms with Crippen molar-refractivity contribution in [3.05, 3.63) is 0 Å². The van der Waals surface area contributed by atoms with Crippen molar-refractivity contribution in [1.82, 2.24) is 10.7 Å². The Bertz CT molecular complexity index is 477. The third-order valence-electron chi connectivity index (χ3n) is 5.86. The third-order valence-corrected chi connectivity index (χ3v) is 5.86. The van der Waals surface area contributed by atoms with Crippen LogP contribution in [-0.4, -0.2) is 24.1 Å². The van der Waals surface area contributed by atoms with Gasteiger partial charge in [0.25, 0.3) is 0 Å². The number of hydrogen-bond donors (Lipinski definition) is 2. The highest BCUT2D eigenvalue weighted by Gasteiger charge is 2.54. The fourth-order valence-electron chi connectivity index (χ4n) is 5.25. The molecule has 4 aliphatic carbocycles. The molecule has 23 heavy (non-hydrogen) atoms. The first-order valence-electron chi connectivity index (χ1n) is 9.11. The van der Waals surface area contributed by atoms with Crippen molar-refractivity contribution in [2.45, 2.75) is 65.2 Å². The maximum Gasteiger partial charge on any atom is 0.246 e. The second-order valence-corrected chi connectivity index (χ2v) is 8.01. The van der Waals surface area contributed by atoms with Crippen molar-refractivity contribution in [2.75, 3.05) is 6.54 Å². The van der Waals surface area contributed by atoms with Crippen LogP contribution in [0.4, 0.5) is 0 Å². The van der Waals surface area contributed by atoms with E-state index >= 15 is 0 Å². The van der Waals surface area contributed by atoms with Crippen LogP contribution < -0.4 is 10.7 Å². The number of hydrogen-bond acceptors (Lipinski definition) is 3. The van der Waals surface area contributed by atoms with Gasteiger partial charge in [-0.2, -0.15) is 5.10 Å². The Kier molecular flexibility index (Phi) is 4.74. The van der Waals surface area contributed by atoms with Crippen LogP contribution in [0.3, 0.4) is 0 Å². The van der Waals surface area contributed by atoms with Gasteiger partial charge in [0.2, 0.25) is 11.8 Å². The van der Waals surface area contributed by atoms with Gasteiger partial charge in [-0.3, -0.25) is 9.59 Å². The minimum atomic E-state index is -0.178. The lowest BCUT2D eigenvalue weighted by Crippen LogP contribution is -2.52. The van der Waals surface area contributed by atoms with E-state index in [9.17, 15) is 9.59 Å². The fraction of sp³-hybridized carbons (Fsp3) is 0.833. The largest absolute Gasteiger partial charge is 0.356 e. The Balaban J connectivity index is 1.55. The molecule has 0 atom stereocenters. The molecule has 0 radical (unpaired) electrons. The predicted molar refractivity (Wildman–Crippen MR) is 89.8 cm³/mol. The second kappa shape index (κ2) is 6.62. The Morgan fingerprint density at radius 2 is 1.65 bits per heavy atom. The van der Waals surface area contributed by atoms with Gasteiger partial charge in [0, 0.05) is 12.3 Å². The average molecular weight is 319 g/mol. The van der Waals surface area contributed by atoms with Crippen LogP contribution in [0.25, 0.3) is 0 Å². The van der Waals surface area contributed by atoms with Crippen LogP contribution >= 0.6 is 0 Å². The number of nitrogens with zero attached hydrogens (tertiary/aromatic N) is 1. The van der Waals surface area contributed by atoms with E-state index in [4.69, 9.17) is 0 Å². The summed E-state index contributed by atoms with van der Waals surface area (Å²) >= 11 is 0. The Morgan fingerprint density at radius 3 is 2.17 bits per heavy atom. The van der Waals surface area contributed by atoms with E-state index in [-0.39, 0.29) is 23.7 Å². The van der Waals surface area contributed by atoms with Gasteiger partial charge in [-0.1, -0.05) is 6.92 Å². The summed E-state index contributed by atoms with van der Waals surface area (Å²) in [6.45, 7) is 4.50. The van der Waals surface area contributed by atoms with Crippen LogP contribution in [0, 0.1) is 23.2 Å². The summed E-state index contributed by atoms with van der Waals surface area (Å²) in [4.78, 5) is 24.4. The molecule has 0 spiro atoms. The number of carbonyl (C=O) groups is 2. The summed E-state index contributed by atoms with van der Waals surface area (Å²) in [7, 11) is 0. The lowest BCUT2D eigenvalue weighted by Gasteiger charge is -2.55. The number of rotatable bonds is 6. The molecule has 4 saturated carbocycles. The quantitative estimate of drug-likeness (QED) is 0.583. The van der Waals surface area contributed by atoms with Gasteiger partial charge >= 0.3 is 0 Å². The Morgan fingerprint density at radius 1 is 1.09 bits per heavy atom. The first-order chi connectivity index (χ1) is 11.0. The molecule has 0 saturated heterocycles. The molecule has 4 rings (SSSR count). The van der Waals surface area contributed by atoms with Crippen molar-refractivity contribution < 1.29 is 9.59 Å². The van der Waals surface area contributed by atoms with Gasteiger partial charge in [-0.05, 0) is 69.6 Å². The number of hydrazone groups is 1. The smallest absolute Gasteiger partial charge is 0.246 e. The van der Waals surface area contributed by atoms with E-state index in [0.29, 0.717) is 12.3 Å². The molecule has 0 aliphatic heterocycles. The average Bonchev–Trinajstić information content (AvgIpc) is 2.49. The highest BCUT2D eigenvalue weighted by molar-refractivity contribution is 6.00. The summed E-state index contributed by atoms with van der Waals surface area (Å²) < 4.78 is 0. The van der Waals surface area contributed by atoms with Crippen molar-refractivity contribution in [2.24, 2.45) is 28.3 Å². The predicted octanol–water partition coefficient (Wildman–Crippen LogP) is 2.61. The monoisotopic (exact) mass is 319 g/mol. The van der Waals surface area contributed by atoms with E-state index in [0.717, 1.165) is 43.4 Å². The minimum Gasteiger partial charge on any atom is -0.356 e. The minimum absolute atomic E-state index is 0.0304. The van der Waals surface area contributed by atoms with Crippen molar-refractivity contribution >= 4 is 17.5 Å². The molecular formula is C18H29N3O2. The number of carbonyl (C=O) groups excluding carboxylic acids is 2. The maximum atomic E-state index is 12.7. The standard InChI is InChI=1S/C18H29N3O2/c1-3-4-19-16(22)5-12(2)20-21-17(23)18-9-13-6-14(10-18)8-15(7-13)11-18/h13-15H,3-11H2,1-2H3,(H,19,22)(H,21,23)/b20-12-. The van der Waals surface area contributed by atoms with Crippen molar-refractivity contribution in [3.63, 3.8) is 0 Å². The van der Waals surface area contributed by atoms with Gasteiger partial charge in [-0.25, -0.2) is 5.43 Å². The van der Waals surface area contributed by atoms with Crippen LogP contribution in [0.1, 0.15) is 65.2 Å². The second-order valence-electron chi connectivity index (χ2n) is 8.01. The maximum absolute atomic E-state index is 12.7. The third kappa shape index (κ3) is 3.59. The van der Waals surface area contributed by atoms with Gasteiger partial charge in [0.05, 0.1) is 11.8 Å². The summed E-state index contributed by atoms with van der Waals surface area (Å²) in [6.07, 6.45) is 8.26. The zero-order chi connectivity index (χ0) is 16.4. The zero-order valence-corrected chi connectivity index (χ0v) is 14.4. The first-order valence-corrected chi connectivity index (χ1v) is 9.11. The molecule has 0 aromatic heterocycles. The van der Waals surface area contributed by atoms with Crippen LogP contribution in [0.5, 0.6) is 0 Å². The molecule has 5 heteroatoms. The van der Waals surface area contributed by atoms with Gasteiger partial charge in [-0.15, -0.1) is 0 Å². The molecule has 4 fully saturated rings. The molecule has 128 valence electrons. The molecule has 0 aromatic rings. The summed E-state index contributed by atoms with van der Waals surface area (Å²) in [5.41, 5.74) is 3.26. The lowest BCUT2D eigenvalue weighted by molar-refractivity contribution is -0.146. The number of nitrogens with one attached hydrogen (secondary N) is 2. The summed E-state index contributed by atoms with van der Waals surface area (Å²) in [6, 6.07) is 0. The van der Waals surface area contributed by atoms with Crippen LogP contribution in [0.2, 0.25) is 0 Å². The van der Waals surface area contributed by atoms with Crippen molar-refractivity contribution in [3.8, 4) is 0 Å². The van der Waals surface area contributed by atoms with Crippen LogP contribution in [0.15, 0.2) is 5.10 Å². The molecule has 2 N–H and O–H groups in total. The van der Waals surface area contributed by atoms with E-state index in [1.165, 1.54) is 19.3 Å². The lowest BCUT2D eigenvalue weighted by atomic mass is 9.49. The van der Waals surface area contributed by atoms with E-state index in [1.54, 1.807) is 6.92 Å². The van der Waals surface area contributed by atoms with E-state index in [1.807, 2.05) is 6.92 Å². The summed E-state index contributed by atoms with van der Waals surface area (Å²) in [5, 5.41) is 7.01. The molecular weight excluding hydrogens is 290 g/mol. The highest BCUT2D eigenvalue weighted by Crippen LogP contribution is 2.60. The molecule has 0 heterocycles. The normalized spacial score (nSPS) is 35.2. The SMILES string of the molecule is CCCNC(=O)C/C(C)=N\NC(=O)C12CC3CC(CC(C3)C1)C2. The van der Waals surface area contributed by atoms with E-state index < -0.39 is 0 Å². The number of amides is 2. The van der Waals surface area contributed by atoms with Gasteiger partial charge in [0.1, 0.15) is 0 Å². The molecule has 0 aromatic carbocycles. The van der Waals surface area contributed by atoms with Gasteiger partial charge < -0.3 is 5.32 Å². The highest BCUT2D eigenvalue weighted by atomic mass is 16.2. The van der Waals surface area contributed by atoms with E-state index in [2.05, 4.69) is 15.8 Å². The van der Waals surface area contributed by atoms with Crippen LogP contribution in [-0.2, 0) is 9.59 Å². The Hall–Kier alpha value is -1.39. The fourth-order valence-corrected chi connectivity index (χ4v) is 5.25. The molecule has 4 bridgehead atoms. The zero-order valence-electron chi connectivity index (χ0n) is 14.4. The van der Waals surface area contributed by atoms with Crippen molar-refractivity contribution in [1.29, 1.82) is 0 Å². The molecule has 0 unspecified atom stereocenters. The van der Waals surface area contributed by atoms with Gasteiger partial charge in [0.15, 0.2) is 0 Å². The first kappa shape index (κ1) is 16.5. The molecule has 5 nitrogen and oxygen atoms in total. The topological polar surface area (TPSA) is 70.6 Å². The summed E-state index contributed by atoms with van der Waals surface area (Å²) in [5.74, 6) is 2.30. The molecule has 2 amide bonds.